The summed E-state index contributed by atoms with van der Waals surface area (Å²) in [7, 11) is 2.18. The number of aromatic nitrogens is 4. The zero-order valence-electron chi connectivity index (χ0n) is 13.9. The molecule has 126 valence electrons. The van der Waals surface area contributed by atoms with Crippen LogP contribution in [0.15, 0.2) is 30.6 Å². The van der Waals surface area contributed by atoms with E-state index in [1.807, 2.05) is 24.3 Å². The molecule has 0 unspecified atom stereocenters. The van der Waals surface area contributed by atoms with E-state index >= 15 is 0 Å². The van der Waals surface area contributed by atoms with Gasteiger partial charge in [-0.15, -0.1) is 5.10 Å². The summed E-state index contributed by atoms with van der Waals surface area (Å²) in [5, 5.41) is 11.2. The lowest BCUT2D eigenvalue weighted by Crippen LogP contribution is -2.47. The van der Waals surface area contributed by atoms with Gasteiger partial charge in [-0.3, -0.25) is 4.79 Å². The molecule has 2 saturated heterocycles. The van der Waals surface area contributed by atoms with Crippen molar-refractivity contribution in [2.75, 3.05) is 20.1 Å². The first-order chi connectivity index (χ1) is 11.7. The Labute approximate surface area is 141 Å². The second-order valence-corrected chi connectivity index (χ2v) is 6.70. The molecule has 1 aromatic carbocycles. The van der Waals surface area contributed by atoms with Crippen molar-refractivity contribution in [3.8, 4) is 5.69 Å². The molecule has 7 nitrogen and oxygen atoms in total. The molecule has 2 atom stereocenters. The van der Waals surface area contributed by atoms with E-state index in [0.29, 0.717) is 17.6 Å². The highest BCUT2D eigenvalue weighted by molar-refractivity contribution is 5.95. The fourth-order valence-electron chi connectivity index (χ4n) is 4.09. The van der Waals surface area contributed by atoms with Crippen LogP contribution < -0.4 is 0 Å². The van der Waals surface area contributed by atoms with Crippen LogP contribution in [0, 0.1) is 0 Å². The van der Waals surface area contributed by atoms with Crippen molar-refractivity contribution in [3.05, 3.63) is 36.2 Å². The summed E-state index contributed by atoms with van der Waals surface area (Å²) in [6.07, 6.45) is 6.15. The van der Waals surface area contributed by atoms with Gasteiger partial charge in [-0.2, -0.15) is 0 Å². The number of carbonyl (C=O) groups excluding carboxylic acids is 1. The minimum Gasteiger partial charge on any atom is -0.334 e. The van der Waals surface area contributed by atoms with Gasteiger partial charge in [0.1, 0.15) is 6.33 Å². The molecule has 0 bridgehead atoms. The monoisotopic (exact) mass is 326 g/mol. The van der Waals surface area contributed by atoms with Crippen LogP contribution in [0.1, 0.15) is 36.0 Å². The molecule has 2 aliphatic heterocycles. The number of nitrogens with zero attached hydrogens (tertiary/aromatic N) is 6. The number of tetrazole rings is 1. The summed E-state index contributed by atoms with van der Waals surface area (Å²) in [6, 6.07) is 8.37. The topological polar surface area (TPSA) is 67.2 Å². The lowest BCUT2D eigenvalue weighted by molar-refractivity contribution is 0.0664. The molecule has 0 aliphatic carbocycles. The van der Waals surface area contributed by atoms with E-state index < -0.39 is 0 Å². The van der Waals surface area contributed by atoms with Crippen molar-refractivity contribution >= 4 is 5.91 Å². The van der Waals surface area contributed by atoms with E-state index in [9.17, 15) is 4.79 Å². The number of likely N-dealkylation sites (tertiary alicyclic amines) is 2. The van der Waals surface area contributed by atoms with Gasteiger partial charge in [-0.1, -0.05) is 6.07 Å². The first-order valence-electron chi connectivity index (χ1n) is 8.58. The molecular formula is C17H22N6O. The molecule has 1 aromatic heterocycles. The summed E-state index contributed by atoms with van der Waals surface area (Å²) in [5.41, 5.74) is 1.51. The number of hydrogen-bond donors (Lipinski definition) is 0. The van der Waals surface area contributed by atoms with Crippen molar-refractivity contribution in [2.24, 2.45) is 0 Å². The lowest BCUT2D eigenvalue weighted by Gasteiger charge is -2.33. The van der Waals surface area contributed by atoms with E-state index in [0.717, 1.165) is 31.6 Å². The Morgan fingerprint density at radius 1 is 1.17 bits per heavy atom. The van der Waals surface area contributed by atoms with Gasteiger partial charge in [-0.25, -0.2) is 4.68 Å². The Morgan fingerprint density at radius 3 is 2.75 bits per heavy atom. The molecule has 2 fully saturated rings. The maximum absolute atomic E-state index is 13.1. The maximum atomic E-state index is 13.1. The van der Waals surface area contributed by atoms with Crippen LogP contribution >= 0.6 is 0 Å². The molecule has 0 N–H and O–H groups in total. The zero-order valence-corrected chi connectivity index (χ0v) is 13.9. The molecule has 24 heavy (non-hydrogen) atoms. The molecule has 2 aromatic rings. The van der Waals surface area contributed by atoms with E-state index in [4.69, 9.17) is 0 Å². The first kappa shape index (κ1) is 15.3. The number of rotatable bonds is 3. The summed E-state index contributed by atoms with van der Waals surface area (Å²) in [6.45, 7) is 1.99. The Morgan fingerprint density at radius 2 is 2.00 bits per heavy atom. The van der Waals surface area contributed by atoms with Crippen molar-refractivity contribution in [1.82, 2.24) is 30.0 Å². The maximum Gasteiger partial charge on any atom is 0.254 e. The number of benzene rings is 1. The third-order valence-corrected chi connectivity index (χ3v) is 5.29. The Balaban J connectivity index is 1.58. The van der Waals surface area contributed by atoms with E-state index in [-0.39, 0.29) is 5.91 Å². The van der Waals surface area contributed by atoms with Crippen LogP contribution in [-0.4, -0.2) is 68.1 Å². The predicted octanol–water partition coefficient (Wildman–Crippen LogP) is 1.36. The number of carbonyl (C=O) groups is 1. The van der Waals surface area contributed by atoms with Crippen molar-refractivity contribution < 1.29 is 4.79 Å². The number of hydrogen-bond acceptors (Lipinski definition) is 5. The van der Waals surface area contributed by atoms with Gasteiger partial charge in [0.05, 0.1) is 5.69 Å². The van der Waals surface area contributed by atoms with E-state index in [1.54, 1.807) is 4.68 Å². The van der Waals surface area contributed by atoms with Gasteiger partial charge in [0.15, 0.2) is 0 Å². The number of likely N-dealkylation sites (N-methyl/N-ethyl adjacent to an activating group) is 1. The smallest absolute Gasteiger partial charge is 0.254 e. The minimum atomic E-state index is 0.118. The first-order valence-corrected chi connectivity index (χ1v) is 8.58. The summed E-state index contributed by atoms with van der Waals surface area (Å²) < 4.78 is 1.57. The van der Waals surface area contributed by atoms with E-state index in [1.165, 1.54) is 19.2 Å². The SMILES string of the molecule is CN1CCC[C@@H]1[C@H]1CCCN1C(=O)c1cccc(-n2cnnn2)c1. The van der Waals surface area contributed by atoms with Crippen LogP contribution in [-0.2, 0) is 0 Å². The van der Waals surface area contributed by atoms with E-state index in [2.05, 4.69) is 32.4 Å². The predicted molar refractivity (Wildman–Crippen MR) is 88.9 cm³/mol. The molecule has 0 radical (unpaired) electrons. The summed E-state index contributed by atoms with van der Waals surface area (Å²) in [5.74, 6) is 0.118. The van der Waals surface area contributed by atoms with Gasteiger partial charge in [0.25, 0.3) is 5.91 Å². The quantitative estimate of drug-likeness (QED) is 0.852. The normalized spacial score (nSPS) is 24.6. The van der Waals surface area contributed by atoms with Crippen LogP contribution in [0.3, 0.4) is 0 Å². The molecule has 2 aliphatic rings. The standard InChI is InChI=1S/C17H22N6O/c1-21-9-3-7-15(21)16-8-4-10-22(16)17(24)13-5-2-6-14(11-13)23-12-18-19-20-23/h2,5-6,11-12,15-16H,3-4,7-10H2,1H3/t15-,16-/m1/s1. The molecule has 1 amide bonds. The van der Waals surface area contributed by atoms with Crippen molar-refractivity contribution in [2.45, 2.75) is 37.8 Å². The Bertz CT molecular complexity index is 716. The van der Waals surface area contributed by atoms with Gasteiger partial charge in [0, 0.05) is 24.2 Å². The highest BCUT2D eigenvalue weighted by Crippen LogP contribution is 2.30. The minimum absolute atomic E-state index is 0.118. The van der Waals surface area contributed by atoms with Gasteiger partial charge in [0.2, 0.25) is 0 Å². The summed E-state index contributed by atoms with van der Waals surface area (Å²) >= 11 is 0. The van der Waals surface area contributed by atoms with Crippen LogP contribution in [0.2, 0.25) is 0 Å². The van der Waals surface area contributed by atoms with Crippen molar-refractivity contribution in [3.63, 3.8) is 0 Å². The Hall–Kier alpha value is -2.28. The van der Waals surface area contributed by atoms with Crippen LogP contribution in [0.4, 0.5) is 0 Å². The fourth-order valence-corrected chi connectivity index (χ4v) is 4.09. The third kappa shape index (κ3) is 2.69. The molecule has 0 saturated carbocycles. The van der Waals surface area contributed by atoms with Gasteiger partial charge < -0.3 is 9.80 Å². The molecule has 4 rings (SSSR count). The Kier molecular flexibility index (Phi) is 4.02. The average molecular weight is 326 g/mol. The lowest BCUT2D eigenvalue weighted by atomic mass is 10.0. The molecule has 3 heterocycles. The van der Waals surface area contributed by atoms with Crippen LogP contribution in [0.5, 0.6) is 0 Å². The molecular weight excluding hydrogens is 304 g/mol. The van der Waals surface area contributed by atoms with Gasteiger partial charge >= 0.3 is 0 Å². The second kappa shape index (κ2) is 6.32. The third-order valence-electron chi connectivity index (χ3n) is 5.29. The van der Waals surface area contributed by atoms with Gasteiger partial charge in [-0.05, 0) is 67.9 Å². The molecule has 7 heteroatoms. The van der Waals surface area contributed by atoms with Crippen LogP contribution in [0.25, 0.3) is 5.69 Å². The molecule has 0 spiro atoms. The zero-order chi connectivity index (χ0) is 16.5. The summed E-state index contributed by atoms with van der Waals surface area (Å²) in [4.78, 5) is 17.6. The highest BCUT2D eigenvalue weighted by atomic mass is 16.2. The second-order valence-electron chi connectivity index (χ2n) is 6.70. The largest absolute Gasteiger partial charge is 0.334 e. The average Bonchev–Trinajstić information content (AvgIpc) is 3.35. The fraction of sp³-hybridized carbons (Fsp3) is 0.529. The number of amides is 1. The van der Waals surface area contributed by atoms with Crippen molar-refractivity contribution in [1.29, 1.82) is 0 Å². The highest BCUT2D eigenvalue weighted by Gasteiger charge is 2.38.